The number of ether oxygens (including phenoxy) is 1. The van der Waals surface area contributed by atoms with Crippen LogP contribution in [0.5, 0.6) is 5.75 Å². The smallest absolute Gasteiger partial charge is 0.349 e. The van der Waals surface area contributed by atoms with E-state index in [1.807, 2.05) is 0 Å². The Kier molecular flexibility index (Phi) is 3.82. The second-order valence-electron chi connectivity index (χ2n) is 3.67. The minimum Gasteiger partial charge on any atom is -0.507 e. The van der Waals surface area contributed by atoms with Gasteiger partial charge >= 0.3 is 11.9 Å². The van der Waals surface area contributed by atoms with Gasteiger partial charge in [0.2, 0.25) is 0 Å². The van der Waals surface area contributed by atoms with E-state index in [-0.39, 0.29) is 21.9 Å². The molecule has 0 amide bonds. The van der Waals surface area contributed by atoms with E-state index in [0.29, 0.717) is 0 Å². The Morgan fingerprint density at radius 1 is 0.895 bits per heavy atom. The molecular formula is C14H9ClO4. The van der Waals surface area contributed by atoms with Crippen molar-refractivity contribution in [2.75, 3.05) is 0 Å². The highest BCUT2D eigenvalue weighted by molar-refractivity contribution is 6.33. The zero-order valence-corrected chi connectivity index (χ0v) is 10.4. The summed E-state index contributed by atoms with van der Waals surface area (Å²) < 4.78 is 4.66. The molecule has 96 valence electrons. The minimum absolute atomic E-state index is 0.0806. The predicted octanol–water partition coefficient (Wildman–Crippen LogP) is 3.04. The van der Waals surface area contributed by atoms with Crippen molar-refractivity contribution in [1.82, 2.24) is 0 Å². The van der Waals surface area contributed by atoms with Gasteiger partial charge in [-0.05, 0) is 24.3 Å². The van der Waals surface area contributed by atoms with Gasteiger partial charge in [-0.1, -0.05) is 35.9 Å². The summed E-state index contributed by atoms with van der Waals surface area (Å²) in [6.07, 6.45) is 0. The normalized spacial score (nSPS) is 9.95. The Labute approximate surface area is 114 Å². The number of aromatic hydroxyl groups is 1. The Hall–Kier alpha value is -2.33. The number of phenolic OH excluding ortho intramolecular Hbond substituents is 1. The highest BCUT2D eigenvalue weighted by Crippen LogP contribution is 2.19. The number of carbonyl (C=O) groups is 2. The fourth-order valence-corrected chi connectivity index (χ4v) is 1.68. The van der Waals surface area contributed by atoms with E-state index < -0.39 is 11.9 Å². The first kappa shape index (κ1) is 13.1. The average Bonchev–Trinajstić information content (AvgIpc) is 2.39. The monoisotopic (exact) mass is 276 g/mol. The van der Waals surface area contributed by atoms with Crippen molar-refractivity contribution in [2.24, 2.45) is 0 Å². The summed E-state index contributed by atoms with van der Waals surface area (Å²) in [6, 6.07) is 12.0. The Morgan fingerprint density at radius 2 is 1.42 bits per heavy atom. The molecule has 0 aromatic heterocycles. The highest BCUT2D eigenvalue weighted by atomic mass is 35.5. The van der Waals surface area contributed by atoms with Crippen molar-refractivity contribution in [1.29, 1.82) is 0 Å². The van der Waals surface area contributed by atoms with Gasteiger partial charge in [-0.2, -0.15) is 0 Å². The molecule has 0 saturated carbocycles. The molecule has 5 heteroatoms. The third kappa shape index (κ3) is 2.92. The van der Waals surface area contributed by atoms with E-state index in [0.717, 1.165) is 0 Å². The molecule has 0 fully saturated rings. The van der Waals surface area contributed by atoms with Gasteiger partial charge in [-0.25, -0.2) is 9.59 Å². The first-order valence-corrected chi connectivity index (χ1v) is 5.76. The number of carbonyl (C=O) groups excluding carboxylic acids is 2. The average molecular weight is 277 g/mol. The summed E-state index contributed by atoms with van der Waals surface area (Å²) >= 11 is 5.82. The van der Waals surface area contributed by atoms with Crippen LogP contribution in [0.2, 0.25) is 5.02 Å². The van der Waals surface area contributed by atoms with Gasteiger partial charge in [0.25, 0.3) is 0 Å². The number of hydrogen-bond donors (Lipinski definition) is 1. The lowest BCUT2D eigenvalue weighted by atomic mass is 10.2. The summed E-state index contributed by atoms with van der Waals surface area (Å²) in [5, 5.41) is 9.67. The van der Waals surface area contributed by atoms with E-state index >= 15 is 0 Å². The van der Waals surface area contributed by atoms with Crippen LogP contribution >= 0.6 is 11.6 Å². The molecule has 19 heavy (non-hydrogen) atoms. The quantitative estimate of drug-likeness (QED) is 0.676. The molecule has 0 aliphatic carbocycles. The molecule has 0 heterocycles. The zero-order chi connectivity index (χ0) is 13.8. The van der Waals surface area contributed by atoms with E-state index in [4.69, 9.17) is 11.6 Å². The maximum atomic E-state index is 11.8. The molecule has 2 rings (SSSR count). The summed E-state index contributed by atoms with van der Waals surface area (Å²) in [7, 11) is 0. The molecule has 0 spiro atoms. The van der Waals surface area contributed by atoms with Crippen molar-refractivity contribution >= 4 is 23.5 Å². The van der Waals surface area contributed by atoms with Gasteiger partial charge in [0.15, 0.2) is 0 Å². The van der Waals surface area contributed by atoms with E-state index in [2.05, 4.69) is 4.74 Å². The van der Waals surface area contributed by atoms with Gasteiger partial charge < -0.3 is 9.84 Å². The van der Waals surface area contributed by atoms with Gasteiger partial charge in [-0.3, -0.25) is 0 Å². The SMILES string of the molecule is O=C(OC(=O)c1ccccc1Cl)c1ccccc1O. The Bertz CT molecular complexity index is 581. The molecule has 0 saturated heterocycles. The van der Waals surface area contributed by atoms with Crippen LogP contribution in [-0.2, 0) is 4.74 Å². The van der Waals surface area contributed by atoms with Gasteiger partial charge in [0, 0.05) is 0 Å². The Morgan fingerprint density at radius 3 is 2.05 bits per heavy atom. The van der Waals surface area contributed by atoms with Crippen molar-refractivity contribution in [3.8, 4) is 5.75 Å². The van der Waals surface area contributed by atoms with E-state index in [1.165, 1.54) is 24.3 Å². The lowest BCUT2D eigenvalue weighted by Gasteiger charge is -2.05. The zero-order valence-electron chi connectivity index (χ0n) is 9.67. The number of benzene rings is 2. The van der Waals surface area contributed by atoms with Crippen LogP contribution in [0.3, 0.4) is 0 Å². The second-order valence-corrected chi connectivity index (χ2v) is 4.08. The number of hydrogen-bond acceptors (Lipinski definition) is 4. The maximum absolute atomic E-state index is 11.8. The van der Waals surface area contributed by atoms with Gasteiger partial charge in [-0.15, -0.1) is 0 Å². The lowest BCUT2D eigenvalue weighted by molar-refractivity contribution is 0.0396. The molecule has 0 aliphatic rings. The molecule has 0 atom stereocenters. The molecule has 2 aromatic carbocycles. The van der Waals surface area contributed by atoms with Crippen molar-refractivity contribution in [2.45, 2.75) is 0 Å². The molecule has 0 radical (unpaired) electrons. The third-order valence-corrected chi connectivity index (χ3v) is 2.73. The summed E-state index contributed by atoms with van der Waals surface area (Å²) in [6.45, 7) is 0. The van der Waals surface area contributed by atoms with E-state index in [9.17, 15) is 14.7 Å². The number of para-hydroxylation sites is 1. The van der Waals surface area contributed by atoms with Crippen LogP contribution in [0.1, 0.15) is 20.7 Å². The van der Waals surface area contributed by atoms with Crippen LogP contribution in [0.25, 0.3) is 0 Å². The molecule has 1 N–H and O–H groups in total. The van der Waals surface area contributed by atoms with Crippen molar-refractivity contribution in [3.63, 3.8) is 0 Å². The van der Waals surface area contributed by atoms with Crippen molar-refractivity contribution < 1.29 is 19.4 Å². The molecule has 0 aliphatic heterocycles. The Balaban J connectivity index is 2.19. The predicted molar refractivity (Wildman–Crippen MR) is 69.3 cm³/mol. The number of esters is 2. The number of phenols is 1. The summed E-state index contributed by atoms with van der Waals surface area (Å²) in [5.41, 5.74) is 0.0100. The standard InChI is InChI=1S/C14H9ClO4/c15-11-7-3-1-5-9(11)13(17)19-14(18)10-6-2-4-8-12(10)16/h1-8,16H. The largest absolute Gasteiger partial charge is 0.507 e. The molecule has 0 bridgehead atoms. The van der Waals surface area contributed by atoms with Gasteiger partial charge in [0.05, 0.1) is 10.6 Å². The van der Waals surface area contributed by atoms with Crippen LogP contribution < -0.4 is 0 Å². The summed E-state index contributed by atoms with van der Waals surface area (Å²) in [5.74, 6) is -2.04. The van der Waals surface area contributed by atoms with Gasteiger partial charge in [0.1, 0.15) is 11.3 Å². The molecule has 0 unspecified atom stereocenters. The molecular weight excluding hydrogens is 268 g/mol. The maximum Gasteiger partial charge on any atom is 0.349 e. The van der Waals surface area contributed by atoms with Crippen molar-refractivity contribution in [3.05, 3.63) is 64.7 Å². The van der Waals surface area contributed by atoms with Crippen LogP contribution in [0.4, 0.5) is 0 Å². The first-order valence-electron chi connectivity index (χ1n) is 5.38. The van der Waals surface area contributed by atoms with E-state index in [1.54, 1.807) is 24.3 Å². The third-order valence-electron chi connectivity index (χ3n) is 2.40. The van der Waals surface area contributed by atoms with Crippen LogP contribution in [0, 0.1) is 0 Å². The minimum atomic E-state index is -0.928. The fourth-order valence-electron chi connectivity index (χ4n) is 1.47. The first-order chi connectivity index (χ1) is 9.09. The second kappa shape index (κ2) is 5.54. The molecule has 4 nitrogen and oxygen atoms in total. The number of rotatable bonds is 2. The summed E-state index contributed by atoms with van der Waals surface area (Å²) in [4.78, 5) is 23.5. The number of halogens is 1. The fraction of sp³-hybridized carbons (Fsp3) is 0. The molecule has 2 aromatic rings. The van der Waals surface area contributed by atoms with Crippen LogP contribution in [0.15, 0.2) is 48.5 Å². The lowest BCUT2D eigenvalue weighted by Crippen LogP contribution is -2.13. The topological polar surface area (TPSA) is 63.6 Å². The van der Waals surface area contributed by atoms with Crippen LogP contribution in [-0.4, -0.2) is 17.0 Å². The highest BCUT2D eigenvalue weighted by Gasteiger charge is 2.19.